The van der Waals surface area contributed by atoms with E-state index in [4.69, 9.17) is 11.6 Å². The number of hydrogen-bond donors (Lipinski definition) is 2. The molecule has 8 heteroatoms. The number of benzene rings is 1. The number of pyridine rings is 2. The van der Waals surface area contributed by atoms with Crippen LogP contribution in [0.2, 0.25) is 5.02 Å². The van der Waals surface area contributed by atoms with E-state index in [1.165, 1.54) is 12.1 Å². The minimum atomic E-state index is -0.570. The van der Waals surface area contributed by atoms with Gasteiger partial charge in [-0.25, -0.2) is 14.4 Å². The Hall–Kier alpha value is -3.19. The number of aromatic nitrogens is 4. The van der Waals surface area contributed by atoms with Gasteiger partial charge in [0.1, 0.15) is 11.6 Å². The Morgan fingerprint density at radius 2 is 2.11 bits per heavy atom. The van der Waals surface area contributed by atoms with Gasteiger partial charge in [0.25, 0.3) is 5.56 Å². The number of nitrogens with one attached hydrogen (secondary N) is 2. The third-order valence-corrected chi connectivity index (χ3v) is 4.91. The van der Waals surface area contributed by atoms with E-state index in [0.29, 0.717) is 22.3 Å². The van der Waals surface area contributed by atoms with E-state index >= 15 is 0 Å². The van der Waals surface area contributed by atoms with Crippen molar-refractivity contribution in [2.75, 3.05) is 5.32 Å². The molecule has 1 atom stereocenters. The molecule has 4 aromatic rings. The molecule has 0 unspecified atom stereocenters. The average molecular weight is 398 g/mol. The summed E-state index contributed by atoms with van der Waals surface area (Å²) < 4.78 is 15.5. The van der Waals surface area contributed by atoms with Gasteiger partial charge < -0.3 is 14.9 Å². The second-order valence-electron chi connectivity index (χ2n) is 6.59. The molecule has 0 spiro atoms. The van der Waals surface area contributed by atoms with Crippen LogP contribution in [-0.2, 0) is 7.05 Å². The maximum atomic E-state index is 13.6. The highest BCUT2D eigenvalue weighted by molar-refractivity contribution is 6.31. The lowest BCUT2D eigenvalue weighted by Crippen LogP contribution is -2.19. The number of aromatic amines is 1. The Morgan fingerprint density at radius 1 is 1.29 bits per heavy atom. The fraction of sp³-hybridized carbons (Fsp3) is 0.150. The van der Waals surface area contributed by atoms with E-state index in [2.05, 4.69) is 20.3 Å². The van der Waals surface area contributed by atoms with Crippen LogP contribution < -0.4 is 10.9 Å². The van der Waals surface area contributed by atoms with Crippen molar-refractivity contribution in [2.45, 2.75) is 13.0 Å². The van der Waals surface area contributed by atoms with Gasteiger partial charge in [-0.05, 0) is 37.3 Å². The quantitative estimate of drug-likeness (QED) is 0.538. The number of fused-ring (bicyclic) bond motifs is 1. The molecule has 0 aliphatic rings. The highest BCUT2D eigenvalue weighted by Crippen LogP contribution is 2.25. The molecule has 3 heterocycles. The molecule has 0 amide bonds. The fourth-order valence-electron chi connectivity index (χ4n) is 3.14. The number of rotatable bonds is 4. The third-order valence-electron chi connectivity index (χ3n) is 4.62. The second-order valence-corrected chi connectivity index (χ2v) is 7.00. The van der Waals surface area contributed by atoms with Crippen LogP contribution >= 0.6 is 11.6 Å². The van der Waals surface area contributed by atoms with Crippen molar-refractivity contribution in [1.29, 1.82) is 0 Å². The smallest absolute Gasteiger partial charge is 0.253 e. The summed E-state index contributed by atoms with van der Waals surface area (Å²) in [5, 5.41) is 3.91. The van der Waals surface area contributed by atoms with Crippen LogP contribution in [0.15, 0.2) is 53.8 Å². The highest BCUT2D eigenvalue weighted by atomic mass is 35.5. The summed E-state index contributed by atoms with van der Waals surface area (Å²) in [6.45, 7) is 1.86. The minimum absolute atomic E-state index is 0.0108. The van der Waals surface area contributed by atoms with Gasteiger partial charge in [-0.1, -0.05) is 11.6 Å². The van der Waals surface area contributed by atoms with Crippen LogP contribution in [-0.4, -0.2) is 19.5 Å². The van der Waals surface area contributed by atoms with Crippen LogP contribution in [0.25, 0.3) is 22.2 Å². The molecule has 0 aliphatic carbocycles. The maximum Gasteiger partial charge on any atom is 0.253 e. The molecule has 28 heavy (non-hydrogen) atoms. The van der Waals surface area contributed by atoms with E-state index in [1.54, 1.807) is 24.8 Å². The van der Waals surface area contributed by atoms with Crippen LogP contribution in [0, 0.1) is 5.82 Å². The molecular weight excluding hydrogens is 381 g/mol. The van der Waals surface area contributed by atoms with E-state index in [1.807, 2.05) is 30.7 Å². The molecule has 1 aromatic carbocycles. The molecule has 2 N–H and O–H groups in total. The van der Waals surface area contributed by atoms with Crippen molar-refractivity contribution in [2.24, 2.45) is 7.05 Å². The zero-order valence-electron chi connectivity index (χ0n) is 15.2. The van der Waals surface area contributed by atoms with E-state index < -0.39 is 5.82 Å². The monoisotopic (exact) mass is 397 g/mol. The van der Waals surface area contributed by atoms with Crippen molar-refractivity contribution in [3.63, 3.8) is 0 Å². The summed E-state index contributed by atoms with van der Waals surface area (Å²) in [5.74, 6) is 0.0581. The van der Waals surface area contributed by atoms with E-state index in [9.17, 15) is 9.18 Å². The van der Waals surface area contributed by atoms with Crippen LogP contribution in [0.5, 0.6) is 0 Å². The SMILES string of the molecule is C[C@H](Nc1cc(-c2cncn2C)ccn1)c1cc2cc(Cl)c(F)cc2[nH]c1=O. The lowest BCUT2D eigenvalue weighted by molar-refractivity contribution is 0.629. The zero-order valence-corrected chi connectivity index (χ0v) is 16.0. The van der Waals surface area contributed by atoms with E-state index in [0.717, 1.165) is 11.3 Å². The molecule has 142 valence electrons. The molecule has 0 saturated heterocycles. The van der Waals surface area contributed by atoms with Crippen LogP contribution in [0.4, 0.5) is 10.2 Å². The van der Waals surface area contributed by atoms with Crippen molar-refractivity contribution < 1.29 is 4.39 Å². The number of aryl methyl sites for hydroxylation is 1. The van der Waals surface area contributed by atoms with Gasteiger partial charge in [0.15, 0.2) is 0 Å². The standard InChI is InChI=1S/C20H17ClFN5O/c1-11(14-5-13-6-15(21)16(22)8-17(13)26-20(14)28)25-19-7-12(3-4-24-19)18-9-23-10-27(18)2/h3-11H,1-2H3,(H,24,25)(H,26,28)/t11-/m0/s1. The Labute approximate surface area is 165 Å². The zero-order chi connectivity index (χ0) is 19.8. The van der Waals surface area contributed by atoms with E-state index in [-0.39, 0.29) is 16.6 Å². The first kappa shape index (κ1) is 18.2. The van der Waals surface area contributed by atoms with Crippen LogP contribution in [0.3, 0.4) is 0 Å². The van der Waals surface area contributed by atoms with Gasteiger partial charge in [0.05, 0.1) is 34.8 Å². The lowest BCUT2D eigenvalue weighted by atomic mass is 10.1. The van der Waals surface area contributed by atoms with Gasteiger partial charge in [0, 0.05) is 29.8 Å². The summed E-state index contributed by atoms with van der Waals surface area (Å²) in [6, 6.07) is 7.90. The predicted molar refractivity (Wildman–Crippen MR) is 108 cm³/mol. The van der Waals surface area contributed by atoms with Gasteiger partial charge in [-0.2, -0.15) is 0 Å². The summed E-state index contributed by atoms with van der Waals surface area (Å²) in [6.07, 6.45) is 5.21. The minimum Gasteiger partial charge on any atom is -0.363 e. The second kappa shape index (κ2) is 7.09. The van der Waals surface area contributed by atoms with Crippen LogP contribution in [0.1, 0.15) is 18.5 Å². The first-order valence-corrected chi connectivity index (χ1v) is 9.01. The van der Waals surface area contributed by atoms with Gasteiger partial charge in [0.2, 0.25) is 0 Å². The topological polar surface area (TPSA) is 75.6 Å². The maximum absolute atomic E-state index is 13.6. The highest BCUT2D eigenvalue weighted by Gasteiger charge is 2.14. The average Bonchev–Trinajstić information content (AvgIpc) is 3.09. The molecule has 6 nitrogen and oxygen atoms in total. The van der Waals surface area contributed by atoms with Crippen molar-refractivity contribution in [3.8, 4) is 11.3 Å². The molecule has 4 rings (SSSR count). The normalized spacial score (nSPS) is 12.3. The van der Waals surface area contributed by atoms with Crippen molar-refractivity contribution in [1.82, 2.24) is 19.5 Å². The number of H-pyrrole nitrogens is 1. The number of hydrogen-bond acceptors (Lipinski definition) is 4. The summed E-state index contributed by atoms with van der Waals surface area (Å²) in [4.78, 5) is 23.7. The molecule has 0 saturated carbocycles. The summed E-state index contributed by atoms with van der Waals surface area (Å²) in [7, 11) is 1.92. The van der Waals surface area contributed by atoms with Gasteiger partial charge >= 0.3 is 0 Å². The Balaban J connectivity index is 1.66. The number of nitrogens with zero attached hydrogens (tertiary/aromatic N) is 3. The fourth-order valence-corrected chi connectivity index (χ4v) is 3.31. The Kier molecular flexibility index (Phi) is 4.60. The largest absolute Gasteiger partial charge is 0.363 e. The van der Waals surface area contributed by atoms with Crippen molar-refractivity contribution in [3.05, 3.63) is 75.8 Å². The Bertz CT molecular complexity index is 1230. The summed E-state index contributed by atoms with van der Waals surface area (Å²) in [5.41, 5.74) is 2.52. The molecule has 0 radical (unpaired) electrons. The molecule has 0 fully saturated rings. The first-order chi connectivity index (χ1) is 13.4. The summed E-state index contributed by atoms with van der Waals surface area (Å²) >= 11 is 5.87. The molecule has 3 aromatic heterocycles. The number of imidazole rings is 1. The predicted octanol–water partition coefficient (Wildman–Crippen LogP) is 4.29. The lowest BCUT2D eigenvalue weighted by Gasteiger charge is -2.15. The first-order valence-electron chi connectivity index (χ1n) is 8.63. The number of halogens is 2. The number of anilines is 1. The molecule has 0 aliphatic heterocycles. The van der Waals surface area contributed by atoms with Gasteiger partial charge in [-0.15, -0.1) is 0 Å². The molecular formula is C20H17ClFN5O. The Morgan fingerprint density at radius 3 is 2.86 bits per heavy atom. The third kappa shape index (κ3) is 3.36. The van der Waals surface area contributed by atoms with Crippen molar-refractivity contribution >= 4 is 28.3 Å². The van der Waals surface area contributed by atoms with Gasteiger partial charge in [-0.3, -0.25) is 4.79 Å². The molecule has 0 bridgehead atoms.